The van der Waals surface area contributed by atoms with Crippen molar-refractivity contribution in [3.63, 3.8) is 0 Å². The second-order valence-electron chi connectivity index (χ2n) is 16.9. The summed E-state index contributed by atoms with van der Waals surface area (Å²) in [6, 6.07) is 72.5. The van der Waals surface area contributed by atoms with E-state index in [1.165, 1.54) is 44.5 Å². The summed E-state index contributed by atoms with van der Waals surface area (Å²) in [6.45, 7) is 0. The highest BCUT2D eigenvalue weighted by Gasteiger charge is 2.52. The van der Waals surface area contributed by atoms with Gasteiger partial charge in [0.2, 0.25) is 0 Å². The minimum Gasteiger partial charge on any atom is -0.454 e. The molecule has 3 aromatic heterocycles. The maximum atomic E-state index is 11.4. The molecule has 300 valence electrons. The summed E-state index contributed by atoms with van der Waals surface area (Å²) in [5.74, 6) is 1.43. The molecule has 0 atom stereocenters. The molecule has 0 N–H and O–H groups in total. The van der Waals surface area contributed by atoms with Crippen molar-refractivity contribution in [3.8, 4) is 68.2 Å². The van der Waals surface area contributed by atoms with Crippen molar-refractivity contribution in [1.82, 2.24) is 19.5 Å². The van der Waals surface area contributed by atoms with Crippen LogP contribution in [0.2, 0.25) is 0 Å². The van der Waals surface area contributed by atoms with Crippen molar-refractivity contribution in [2.45, 2.75) is 5.41 Å². The molecule has 0 fully saturated rings. The molecule has 0 amide bonds. The molecule has 0 unspecified atom stereocenters. The number of furan rings is 1. The van der Waals surface area contributed by atoms with Crippen LogP contribution < -0.4 is 0 Å². The highest BCUT2D eigenvalue weighted by atomic mass is 16.3. The van der Waals surface area contributed by atoms with Gasteiger partial charge in [-0.3, -0.25) is 0 Å². The molecule has 0 bridgehead atoms. The smallest absolute Gasteiger partial charge is 0.166 e. The Kier molecular flexibility index (Phi) is 7.29. The molecule has 0 aliphatic heterocycles. The minimum absolute atomic E-state index is 0.398. The van der Waals surface area contributed by atoms with Crippen molar-refractivity contribution in [1.29, 1.82) is 5.26 Å². The molecule has 1 spiro atoms. The van der Waals surface area contributed by atoms with Crippen LogP contribution in [0.5, 0.6) is 0 Å². The highest BCUT2D eigenvalue weighted by molar-refractivity contribution is 6.20. The van der Waals surface area contributed by atoms with E-state index in [4.69, 9.17) is 19.4 Å². The standard InChI is InChI=1S/C59H33N5O/c60-34-37-33-49(55-53(43-25-11-16-30-50(43)65-55)51(37)58-62-56(35-17-3-1-4-18-35)61-57(63-58)36-19-5-2-6-20-36)64-48-29-15-10-23-40(48)41-31-32-47-52(54(41)64)42-24-9-14-28-46(42)59(47)44-26-12-7-21-38(44)39-22-8-13-27-45(39)59/h1-33H. The fraction of sp³-hybridized carbons (Fsp3) is 0.0169. The van der Waals surface area contributed by atoms with Gasteiger partial charge in [-0.1, -0.05) is 182 Å². The van der Waals surface area contributed by atoms with E-state index in [0.29, 0.717) is 39.8 Å². The lowest BCUT2D eigenvalue weighted by Gasteiger charge is -2.30. The van der Waals surface area contributed by atoms with E-state index in [9.17, 15) is 5.26 Å². The highest BCUT2D eigenvalue weighted by Crippen LogP contribution is 2.64. The van der Waals surface area contributed by atoms with Crippen LogP contribution in [0.3, 0.4) is 0 Å². The molecular formula is C59H33N5O. The van der Waals surface area contributed by atoms with Crippen molar-refractivity contribution in [3.05, 3.63) is 228 Å². The first-order valence-electron chi connectivity index (χ1n) is 21.8. The van der Waals surface area contributed by atoms with E-state index in [1.54, 1.807) is 0 Å². The number of nitriles is 1. The number of hydrogen-bond acceptors (Lipinski definition) is 5. The van der Waals surface area contributed by atoms with Gasteiger partial charge in [0.05, 0.1) is 33.8 Å². The summed E-state index contributed by atoms with van der Waals surface area (Å²) in [4.78, 5) is 15.3. The van der Waals surface area contributed by atoms with Crippen LogP contribution in [0.4, 0.5) is 0 Å². The van der Waals surface area contributed by atoms with Crippen LogP contribution in [0.25, 0.3) is 106 Å². The molecule has 65 heavy (non-hydrogen) atoms. The summed E-state index contributed by atoms with van der Waals surface area (Å²) in [5, 5.41) is 15.3. The van der Waals surface area contributed by atoms with E-state index < -0.39 is 5.41 Å². The zero-order chi connectivity index (χ0) is 42.8. The summed E-state index contributed by atoms with van der Waals surface area (Å²) in [7, 11) is 0. The van der Waals surface area contributed by atoms with Gasteiger partial charge in [0.1, 0.15) is 5.58 Å². The van der Waals surface area contributed by atoms with Crippen LogP contribution in [-0.2, 0) is 5.41 Å². The Morgan fingerprint density at radius 1 is 0.462 bits per heavy atom. The number of benzene rings is 9. The van der Waals surface area contributed by atoms with Crippen LogP contribution in [0.1, 0.15) is 27.8 Å². The Morgan fingerprint density at radius 2 is 1.00 bits per heavy atom. The quantitative estimate of drug-likeness (QED) is 0.176. The van der Waals surface area contributed by atoms with E-state index in [0.717, 1.165) is 49.4 Å². The third-order valence-corrected chi connectivity index (χ3v) is 13.7. The lowest BCUT2D eigenvalue weighted by atomic mass is 9.70. The number of nitrogens with zero attached hydrogens (tertiary/aromatic N) is 5. The van der Waals surface area contributed by atoms with Crippen LogP contribution in [0, 0.1) is 11.3 Å². The SMILES string of the molecule is N#Cc1cc(-n2c3ccccc3c3ccc4c(c32)-c2ccccc2C42c3ccccc3-c3ccccc32)c2oc3ccccc3c2c1-c1nc(-c2ccccc2)nc(-c2ccccc2)n1. The van der Waals surface area contributed by atoms with Gasteiger partial charge in [-0.2, -0.15) is 5.26 Å². The average molecular weight is 828 g/mol. The summed E-state index contributed by atoms with van der Waals surface area (Å²) in [6.07, 6.45) is 0. The zero-order valence-corrected chi connectivity index (χ0v) is 34.7. The van der Waals surface area contributed by atoms with Gasteiger partial charge < -0.3 is 8.98 Å². The Morgan fingerprint density at radius 3 is 1.66 bits per heavy atom. The van der Waals surface area contributed by atoms with E-state index in [1.807, 2.05) is 84.9 Å². The third kappa shape index (κ3) is 4.73. The van der Waals surface area contributed by atoms with Gasteiger partial charge in [-0.25, -0.2) is 15.0 Å². The topological polar surface area (TPSA) is 80.5 Å². The lowest BCUT2D eigenvalue weighted by Crippen LogP contribution is -2.25. The van der Waals surface area contributed by atoms with Crippen molar-refractivity contribution in [2.24, 2.45) is 0 Å². The number of hydrogen-bond donors (Lipinski definition) is 0. The van der Waals surface area contributed by atoms with Gasteiger partial charge >= 0.3 is 0 Å². The van der Waals surface area contributed by atoms with Gasteiger partial charge in [0, 0.05) is 43.8 Å². The van der Waals surface area contributed by atoms with E-state index in [-0.39, 0.29) is 0 Å². The molecule has 6 heteroatoms. The summed E-state index contributed by atoms with van der Waals surface area (Å²) in [5.41, 5.74) is 16.3. The molecule has 0 radical (unpaired) electrons. The fourth-order valence-electron chi connectivity index (χ4n) is 11.2. The minimum atomic E-state index is -0.531. The Labute approximate surface area is 373 Å². The first kappa shape index (κ1) is 35.7. The van der Waals surface area contributed by atoms with Gasteiger partial charge in [0.15, 0.2) is 23.1 Å². The fourth-order valence-corrected chi connectivity index (χ4v) is 11.2. The molecule has 0 saturated carbocycles. The molecule has 0 saturated heterocycles. The molecule has 9 aromatic carbocycles. The molecule has 14 rings (SSSR count). The predicted octanol–water partition coefficient (Wildman–Crippen LogP) is 14.1. The number of fused-ring (bicyclic) bond motifs is 17. The van der Waals surface area contributed by atoms with Gasteiger partial charge in [0.25, 0.3) is 0 Å². The predicted molar refractivity (Wildman–Crippen MR) is 259 cm³/mol. The Balaban J connectivity index is 1.13. The van der Waals surface area contributed by atoms with Crippen molar-refractivity contribution >= 4 is 43.7 Å². The maximum Gasteiger partial charge on any atom is 0.166 e. The molecular weight excluding hydrogens is 795 g/mol. The summed E-state index contributed by atoms with van der Waals surface area (Å²) >= 11 is 0. The maximum absolute atomic E-state index is 11.4. The van der Waals surface area contributed by atoms with E-state index in [2.05, 4.69) is 126 Å². The largest absolute Gasteiger partial charge is 0.454 e. The van der Waals surface area contributed by atoms with Gasteiger partial charge in [-0.15, -0.1) is 0 Å². The van der Waals surface area contributed by atoms with Crippen molar-refractivity contribution < 1.29 is 4.42 Å². The van der Waals surface area contributed by atoms with Crippen LogP contribution in [0.15, 0.2) is 205 Å². The van der Waals surface area contributed by atoms with Crippen LogP contribution in [-0.4, -0.2) is 19.5 Å². The van der Waals surface area contributed by atoms with Gasteiger partial charge in [-0.05, 0) is 57.1 Å². The first-order chi connectivity index (χ1) is 32.2. The third-order valence-electron chi connectivity index (χ3n) is 13.7. The molecule has 12 aromatic rings. The number of aromatic nitrogens is 4. The second kappa shape index (κ2) is 13.3. The molecule has 2 aliphatic carbocycles. The number of para-hydroxylation sites is 2. The first-order valence-corrected chi connectivity index (χ1v) is 21.8. The average Bonchev–Trinajstić information content (AvgIpc) is 4.10. The Bertz CT molecular complexity index is 3920. The molecule has 6 nitrogen and oxygen atoms in total. The summed E-state index contributed by atoms with van der Waals surface area (Å²) < 4.78 is 9.42. The lowest BCUT2D eigenvalue weighted by molar-refractivity contribution is 0.666. The normalized spacial score (nSPS) is 13.0. The molecule has 3 heterocycles. The molecule has 2 aliphatic rings. The number of rotatable bonds is 4. The van der Waals surface area contributed by atoms with E-state index >= 15 is 0 Å². The zero-order valence-electron chi connectivity index (χ0n) is 34.7. The second-order valence-corrected chi connectivity index (χ2v) is 16.9. The van der Waals surface area contributed by atoms with Crippen LogP contribution >= 0.6 is 0 Å². The van der Waals surface area contributed by atoms with Crippen molar-refractivity contribution in [2.75, 3.05) is 0 Å². The Hall–Kier alpha value is -8.92. The monoisotopic (exact) mass is 827 g/mol.